The third kappa shape index (κ3) is 7.83. The van der Waals surface area contributed by atoms with E-state index in [1.54, 1.807) is 6.20 Å². The molecule has 0 saturated heterocycles. The molecule has 1 heterocycles. The van der Waals surface area contributed by atoms with Crippen molar-refractivity contribution in [1.82, 2.24) is 20.3 Å². The number of sulfonamides is 1. The van der Waals surface area contributed by atoms with E-state index in [9.17, 15) is 8.42 Å². The minimum Gasteiger partial charge on any atom is -0.357 e. The lowest BCUT2D eigenvalue weighted by atomic mass is 9.86. The predicted octanol–water partition coefficient (Wildman–Crippen LogP) is 0.899. The highest BCUT2D eigenvalue weighted by Crippen LogP contribution is 2.25. The smallest absolute Gasteiger partial charge is 0.213 e. The second-order valence-electron chi connectivity index (χ2n) is 6.22. The summed E-state index contributed by atoms with van der Waals surface area (Å²) in [5.41, 5.74) is 1.01. The van der Waals surface area contributed by atoms with Gasteiger partial charge in [0.15, 0.2) is 5.96 Å². The minimum absolute atomic E-state index is 0.0105. The van der Waals surface area contributed by atoms with Gasteiger partial charge in [-0.15, -0.1) is 0 Å². The van der Waals surface area contributed by atoms with E-state index in [1.807, 2.05) is 25.1 Å². The zero-order chi connectivity index (χ0) is 18.0. The van der Waals surface area contributed by atoms with Gasteiger partial charge in [0.05, 0.1) is 12.3 Å². The van der Waals surface area contributed by atoms with E-state index in [1.165, 1.54) is 6.42 Å². The summed E-state index contributed by atoms with van der Waals surface area (Å²) in [6.07, 6.45) is 6.03. The highest BCUT2D eigenvalue weighted by molar-refractivity contribution is 7.89. The molecule has 0 bridgehead atoms. The van der Waals surface area contributed by atoms with Crippen LogP contribution < -0.4 is 15.4 Å². The van der Waals surface area contributed by atoms with Crippen LogP contribution in [0.5, 0.6) is 0 Å². The Morgan fingerprint density at radius 2 is 2.16 bits per heavy atom. The fraction of sp³-hybridized carbons (Fsp3) is 0.647. The van der Waals surface area contributed by atoms with Crippen molar-refractivity contribution >= 4 is 16.0 Å². The molecule has 0 aromatic carbocycles. The number of nitrogens with one attached hydrogen (secondary N) is 3. The molecule has 0 radical (unpaired) electrons. The van der Waals surface area contributed by atoms with E-state index in [2.05, 4.69) is 25.3 Å². The number of rotatable bonds is 10. The molecule has 3 N–H and O–H groups in total. The van der Waals surface area contributed by atoms with Crippen molar-refractivity contribution in [3.8, 4) is 0 Å². The Labute approximate surface area is 150 Å². The topological polar surface area (TPSA) is 95.5 Å². The predicted molar refractivity (Wildman–Crippen MR) is 101 cm³/mol. The van der Waals surface area contributed by atoms with Gasteiger partial charge in [0.1, 0.15) is 0 Å². The van der Waals surface area contributed by atoms with E-state index < -0.39 is 10.0 Å². The molecule has 1 aromatic rings. The average Bonchev–Trinajstić information content (AvgIpc) is 2.54. The second kappa shape index (κ2) is 10.4. The first kappa shape index (κ1) is 19.7. The lowest BCUT2D eigenvalue weighted by Crippen LogP contribution is -2.39. The van der Waals surface area contributed by atoms with Crippen LogP contribution in [-0.4, -0.2) is 51.3 Å². The fourth-order valence-electron chi connectivity index (χ4n) is 2.49. The Balaban J connectivity index is 1.72. The Morgan fingerprint density at radius 1 is 1.32 bits per heavy atom. The molecule has 1 aliphatic rings. The maximum atomic E-state index is 12.0. The normalized spacial score (nSPS) is 15.6. The van der Waals surface area contributed by atoms with E-state index in [4.69, 9.17) is 0 Å². The lowest BCUT2D eigenvalue weighted by molar-refractivity contribution is 0.316. The Kier molecular flexibility index (Phi) is 8.14. The molecule has 7 nitrogen and oxygen atoms in total. The van der Waals surface area contributed by atoms with Gasteiger partial charge in [0, 0.05) is 37.9 Å². The standard InChI is InChI=1S/C17H29N5O2S/c1-2-18-17(20-11-9-16-8-3-4-10-19-16)21-12-13-25(23,24)22-14-15-6-5-7-15/h3-4,8,10,15,22H,2,5-7,9,11-14H2,1H3,(H2,18,20,21). The summed E-state index contributed by atoms with van der Waals surface area (Å²) >= 11 is 0. The zero-order valence-electron chi connectivity index (χ0n) is 14.9. The van der Waals surface area contributed by atoms with Crippen molar-refractivity contribution in [1.29, 1.82) is 0 Å². The van der Waals surface area contributed by atoms with E-state index in [-0.39, 0.29) is 12.3 Å². The summed E-state index contributed by atoms with van der Waals surface area (Å²) in [7, 11) is -3.25. The number of guanidine groups is 1. The molecule has 2 rings (SSSR count). The molecule has 1 saturated carbocycles. The van der Waals surface area contributed by atoms with Crippen LogP contribution in [0.1, 0.15) is 31.9 Å². The van der Waals surface area contributed by atoms with Gasteiger partial charge < -0.3 is 10.6 Å². The van der Waals surface area contributed by atoms with Crippen molar-refractivity contribution in [3.05, 3.63) is 30.1 Å². The summed E-state index contributed by atoms with van der Waals surface area (Å²) in [4.78, 5) is 8.62. The van der Waals surface area contributed by atoms with Crippen molar-refractivity contribution in [2.24, 2.45) is 10.9 Å². The van der Waals surface area contributed by atoms with Crippen molar-refractivity contribution in [2.75, 3.05) is 31.9 Å². The summed E-state index contributed by atoms with van der Waals surface area (Å²) in [5.74, 6) is 1.16. The van der Waals surface area contributed by atoms with Crippen molar-refractivity contribution in [3.63, 3.8) is 0 Å². The summed E-state index contributed by atoms with van der Waals surface area (Å²) < 4.78 is 26.7. The van der Waals surface area contributed by atoms with E-state index >= 15 is 0 Å². The largest absolute Gasteiger partial charge is 0.357 e. The van der Waals surface area contributed by atoms with Crippen LogP contribution in [0.25, 0.3) is 0 Å². The number of hydrogen-bond donors (Lipinski definition) is 3. The van der Waals surface area contributed by atoms with Gasteiger partial charge in [-0.3, -0.25) is 9.98 Å². The minimum atomic E-state index is -3.25. The number of nitrogens with zero attached hydrogens (tertiary/aromatic N) is 2. The zero-order valence-corrected chi connectivity index (χ0v) is 15.7. The second-order valence-corrected chi connectivity index (χ2v) is 8.15. The molecule has 0 aliphatic heterocycles. The molecule has 1 aromatic heterocycles. The SMILES string of the molecule is CCNC(=NCCS(=O)(=O)NCC1CCC1)NCCc1ccccn1. The molecule has 8 heteroatoms. The number of pyridine rings is 1. The van der Waals surface area contributed by atoms with Gasteiger partial charge in [0.2, 0.25) is 10.0 Å². The maximum Gasteiger partial charge on any atom is 0.213 e. The van der Waals surface area contributed by atoms with Crippen molar-refractivity contribution in [2.45, 2.75) is 32.6 Å². The first-order valence-electron chi connectivity index (χ1n) is 8.98. The van der Waals surface area contributed by atoms with E-state index in [0.29, 0.717) is 25.0 Å². The van der Waals surface area contributed by atoms with Crippen LogP contribution in [0.2, 0.25) is 0 Å². The van der Waals surface area contributed by atoms with Gasteiger partial charge in [0.25, 0.3) is 0 Å². The Hall–Kier alpha value is -1.67. The average molecular weight is 368 g/mol. The van der Waals surface area contributed by atoms with Crippen LogP contribution in [0, 0.1) is 5.92 Å². The van der Waals surface area contributed by atoms with Gasteiger partial charge >= 0.3 is 0 Å². The molecular formula is C17H29N5O2S. The van der Waals surface area contributed by atoms with Crippen LogP contribution in [0.3, 0.4) is 0 Å². The van der Waals surface area contributed by atoms with Crippen LogP contribution >= 0.6 is 0 Å². The fourth-order valence-corrected chi connectivity index (χ4v) is 3.45. The molecule has 1 aliphatic carbocycles. The number of aliphatic imine (C=N–C) groups is 1. The number of hydrogen-bond acceptors (Lipinski definition) is 4. The maximum absolute atomic E-state index is 12.0. The first-order valence-corrected chi connectivity index (χ1v) is 10.6. The van der Waals surface area contributed by atoms with Gasteiger partial charge in [-0.05, 0) is 37.8 Å². The van der Waals surface area contributed by atoms with Gasteiger partial charge in [-0.25, -0.2) is 13.1 Å². The Bertz CT molecular complexity index is 630. The lowest BCUT2D eigenvalue weighted by Gasteiger charge is -2.25. The van der Waals surface area contributed by atoms with Crippen LogP contribution in [-0.2, 0) is 16.4 Å². The van der Waals surface area contributed by atoms with Gasteiger partial charge in [-0.1, -0.05) is 12.5 Å². The van der Waals surface area contributed by atoms with E-state index in [0.717, 1.165) is 31.5 Å². The summed E-state index contributed by atoms with van der Waals surface area (Å²) in [6.45, 7) is 4.19. The van der Waals surface area contributed by atoms with Crippen LogP contribution in [0.15, 0.2) is 29.4 Å². The van der Waals surface area contributed by atoms with Crippen LogP contribution in [0.4, 0.5) is 0 Å². The molecule has 1 fully saturated rings. The molecule has 0 unspecified atom stereocenters. The quantitative estimate of drug-likeness (QED) is 0.422. The molecule has 25 heavy (non-hydrogen) atoms. The summed E-state index contributed by atoms with van der Waals surface area (Å²) in [5, 5.41) is 6.33. The van der Waals surface area contributed by atoms with Crippen molar-refractivity contribution < 1.29 is 8.42 Å². The molecule has 0 atom stereocenters. The molecular weight excluding hydrogens is 338 g/mol. The monoisotopic (exact) mass is 367 g/mol. The Morgan fingerprint density at radius 3 is 2.80 bits per heavy atom. The first-order chi connectivity index (χ1) is 12.1. The third-order valence-electron chi connectivity index (χ3n) is 4.19. The highest BCUT2D eigenvalue weighted by atomic mass is 32.2. The third-order valence-corrected chi connectivity index (χ3v) is 5.52. The highest BCUT2D eigenvalue weighted by Gasteiger charge is 2.19. The molecule has 140 valence electrons. The molecule has 0 spiro atoms. The molecule has 0 amide bonds. The number of aromatic nitrogens is 1. The van der Waals surface area contributed by atoms with Gasteiger partial charge in [-0.2, -0.15) is 0 Å². The summed E-state index contributed by atoms with van der Waals surface area (Å²) in [6, 6.07) is 5.83.